The van der Waals surface area contributed by atoms with Gasteiger partial charge in [-0.3, -0.25) is 4.90 Å². The standard InChI is InChI=1S/C23H29N4O2/c1-16-8-13-29-22(16)15-26-9-6-19(7-10-26)27-11-4-17(5-12-27)18-2-3-20-21(14-18)25-23(28)24-20/h2-3,8,13-14,17,19H,4-7,9-12,15H2,1H3,(H,24,28). The van der Waals surface area contributed by atoms with Gasteiger partial charge < -0.3 is 14.6 Å². The van der Waals surface area contributed by atoms with Gasteiger partial charge in [0.05, 0.1) is 24.2 Å². The van der Waals surface area contributed by atoms with Crippen molar-refractivity contribution >= 4 is 17.4 Å². The SMILES string of the molecule is Cc1ccoc1CN1CCC(N2CCC(c3ccc4c(c3)[N]C(=O)N4)CC2)CC1. The fourth-order valence-corrected chi connectivity index (χ4v) is 5.06. The monoisotopic (exact) mass is 393 g/mol. The van der Waals surface area contributed by atoms with Crippen molar-refractivity contribution in [2.45, 2.75) is 51.1 Å². The molecule has 2 aromatic rings. The van der Waals surface area contributed by atoms with Crippen LogP contribution in [0.3, 0.4) is 0 Å². The maximum Gasteiger partial charge on any atom is 0.346 e. The Bertz CT molecular complexity index is 877. The van der Waals surface area contributed by atoms with E-state index in [1.165, 1.54) is 36.8 Å². The molecule has 1 radical (unpaired) electrons. The minimum atomic E-state index is -0.250. The molecule has 6 heteroatoms. The number of benzene rings is 1. The number of urea groups is 1. The van der Waals surface area contributed by atoms with Crippen molar-refractivity contribution in [1.82, 2.24) is 15.1 Å². The number of nitrogens with one attached hydrogen (secondary N) is 1. The molecule has 6 nitrogen and oxygen atoms in total. The van der Waals surface area contributed by atoms with E-state index in [-0.39, 0.29) is 6.03 Å². The van der Waals surface area contributed by atoms with Crippen LogP contribution in [-0.2, 0) is 6.54 Å². The summed E-state index contributed by atoms with van der Waals surface area (Å²) in [4.78, 5) is 16.7. The lowest BCUT2D eigenvalue weighted by molar-refractivity contribution is 0.0817. The Morgan fingerprint density at radius 1 is 1.10 bits per heavy atom. The molecule has 1 aromatic carbocycles. The van der Waals surface area contributed by atoms with E-state index >= 15 is 0 Å². The summed E-state index contributed by atoms with van der Waals surface area (Å²) in [5.41, 5.74) is 4.22. The topological polar surface area (TPSA) is 62.8 Å². The summed E-state index contributed by atoms with van der Waals surface area (Å²) >= 11 is 0. The molecule has 0 saturated carbocycles. The smallest absolute Gasteiger partial charge is 0.346 e. The third-order valence-corrected chi connectivity index (χ3v) is 6.90. The fourth-order valence-electron chi connectivity index (χ4n) is 5.06. The van der Waals surface area contributed by atoms with Crippen LogP contribution in [0.2, 0.25) is 0 Å². The maximum absolute atomic E-state index is 11.4. The molecule has 29 heavy (non-hydrogen) atoms. The van der Waals surface area contributed by atoms with E-state index in [1.54, 1.807) is 6.26 Å². The molecule has 0 spiro atoms. The van der Waals surface area contributed by atoms with E-state index in [1.807, 2.05) is 6.07 Å². The predicted octanol–water partition coefficient (Wildman–Crippen LogP) is 4.21. The van der Waals surface area contributed by atoms with E-state index in [4.69, 9.17) is 4.42 Å². The first-order valence-electron chi connectivity index (χ1n) is 10.8. The average molecular weight is 394 g/mol. The van der Waals surface area contributed by atoms with E-state index in [0.29, 0.717) is 12.0 Å². The molecule has 2 saturated heterocycles. The Morgan fingerprint density at radius 3 is 2.62 bits per heavy atom. The first kappa shape index (κ1) is 18.7. The molecule has 0 bridgehead atoms. The largest absolute Gasteiger partial charge is 0.468 e. The second kappa shape index (κ2) is 7.84. The van der Waals surface area contributed by atoms with Gasteiger partial charge in [-0.15, -0.1) is 0 Å². The number of rotatable bonds is 4. The van der Waals surface area contributed by atoms with Crippen molar-refractivity contribution in [3.63, 3.8) is 0 Å². The lowest BCUT2D eigenvalue weighted by Gasteiger charge is -2.41. The highest BCUT2D eigenvalue weighted by atomic mass is 16.3. The number of piperidine rings is 2. The van der Waals surface area contributed by atoms with Crippen LogP contribution in [0.15, 0.2) is 34.9 Å². The number of hydrogen-bond acceptors (Lipinski definition) is 4. The Kier molecular flexibility index (Phi) is 5.06. The Labute approximate surface area is 172 Å². The molecule has 2 amide bonds. The molecule has 5 rings (SSSR count). The van der Waals surface area contributed by atoms with Crippen LogP contribution in [-0.4, -0.2) is 48.1 Å². The van der Waals surface area contributed by atoms with Gasteiger partial charge in [0.2, 0.25) is 0 Å². The number of anilines is 1. The molecule has 2 fully saturated rings. The van der Waals surface area contributed by atoms with Gasteiger partial charge in [-0.25, -0.2) is 4.79 Å². The Balaban J connectivity index is 1.12. The van der Waals surface area contributed by atoms with Gasteiger partial charge >= 0.3 is 6.03 Å². The van der Waals surface area contributed by atoms with Gasteiger partial charge in [0, 0.05) is 19.1 Å². The summed E-state index contributed by atoms with van der Waals surface area (Å²) < 4.78 is 5.62. The minimum Gasteiger partial charge on any atom is -0.468 e. The molecule has 1 N–H and O–H groups in total. The van der Waals surface area contributed by atoms with Crippen LogP contribution >= 0.6 is 0 Å². The van der Waals surface area contributed by atoms with Crippen LogP contribution in [0, 0.1) is 6.92 Å². The normalized spacial score (nSPS) is 21.8. The van der Waals surface area contributed by atoms with Crippen molar-refractivity contribution in [1.29, 1.82) is 0 Å². The highest BCUT2D eigenvalue weighted by Crippen LogP contribution is 2.35. The van der Waals surface area contributed by atoms with Crippen LogP contribution in [0.4, 0.5) is 16.2 Å². The Morgan fingerprint density at radius 2 is 1.90 bits per heavy atom. The first-order chi connectivity index (χ1) is 14.2. The number of likely N-dealkylation sites (tertiary alicyclic amines) is 2. The molecule has 0 aliphatic carbocycles. The van der Waals surface area contributed by atoms with Crippen LogP contribution in [0.25, 0.3) is 0 Å². The quantitative estimate of drug-likeness (QED) is 0.845. The molecule has 4 heterocycles. The zero-order valence-corrected chi connectivity index (χ0v) is 17.1. The third kappa shape index (κ3) is 3.91. The van der Waals surface area contributed by atoms with Crippen molar-refractivity contribution in [3.05, 3.63) is 47.4 Å². The van der Waals surface area contributed by atoms with Crippen molar-refractivity contribution in [3.8, 4) is 0 Å². The summed E-state index contributed by atoms with van der Waals surface area (Å²) in [5.74, 6) is 1.69. The number of carbonyl (C=O) groups excluding carboxylic acids is 1. The summed E-state index contributed by atoms with van der Waals surface area (Å²) in [6.07, 6.45) is 6.66. The predicted molar refractivity (Wildman–Crippen MR) is 113 cm³/mol. The van der Waals surface area contributed by atoms with E-state index in [9.17, 15) is 4.79 Å². The number of carbonyl (C=O) groups is 1. The van der Waals surface area contributed by atoms with Gasteiger partial charge in [-0.05, 0) is 80.9 Å². The number of fused-ring (bicyclic) bond motifs is 1. The second-order valence-corrected chi connectivity index (χ2v) is 8.66. The van der Waals surface area contributed by atoms with E-state index < -0.39 is 0 Å². The third-order valence-electron chi connectivity index (χ3n) is 6.90. The van der Waals surface area contributed by atoms with Gasteiger partial charge in [0.15, 0.2) is 0 Å². The van der Waals surface area contributed by atoms with E-state index in [0.717, 1.165) is 49.9 Å². The lowest BCUT2D eigenvalue weighted by atomic mass is 9.87. The molecule has 0 atom stereocenters. The van der Waals surface area contributed by atoms with Gasteiger partial charge in [0.25, 0.3) is 0 Å². The average Bonchev–Trinajstić information content (AvgIpc) is 3.32. The maximum atomic E-state index is 11.4. The van der Waals surface area contributed by atoms with Crippen LogP contribution < -0.4 is 10.6 Å². The van der Waals surface area contributed by atoms with Gasteiger partial charge in [-0.1, -0.05) is 6.07 Å². The lowest BCUT2D eigenvalue weighted by Crippen LogP contribution is -2.47. The van der Waals surface area contributed by atoms with Gasteiger partial charge in [0.1, 0.15) is 5.76 Å². The zero-order chi connectivity index (χ0) is 19.8. The van der Waals surface area contributed by atoms with Crippen LogP contribution in [0.5, 0.6) is 0 Å². The summed E-state index contributed by atoms with van der Waals surface area (Å²) in [5, 5.41) is 6.84. The molecule has 0 unspecified atom stereocenters. The zero-order valence-electron chi connectivity index (χ0n) is 17.1. The molecular weight excluding hydrogens is 364 g/mol. The van der Waals surface area contributed by atoms with Crippen molar-refractivity contribution < 1.29 is 9.21 Å². The number of nitrogens with zero attached hydrogens (tertiary/aromatic N) is 3. The highest BCUT2D eigenvalue weighted by Gasteiger charge is 2.30. The molecular formula is C23H29N4O2. The molecule has 3 aliphatic rings. The summed E-state index contributed by atoms with van der Waals surface area (Å²) in [7, 11) is 0. The number of furan rings is 1. The van der Waals surface area contributed by atoms with Gasteiger partial charge in [-0.2, -0.15) is 5.32 Å². The van der Waals surface area contributed by atoms with Crippen molar-refractivity contribution in [2.24, 2.45) is 0 Å². The number of amides is 2. The number of aryl methyl sites for hydroxylation is 1. The molecule has 153 valence electrons. The Hall–Kier alpha value is -2.31. The fraction of sp³-hybridized carbons (Fsp3) is 0.522. The minimum absolute atomic E-state index is 0.250. The van der Waals surface area contributed by atoms with Crippen LogP contribution in [0.1, 0.15) is 48.5 Å². The van der Waals surface area contributed by atoms with Crippen molar-refractivity contribution in [2.75, 3.05) is 31.5 Å². The highest BCUT2D eigenvalue weighted by molar-refractivity contribution is 6.02. The molecule has 1 aromatic heterocycles. The first-order valence-corrected chi connectivity index (χ1v) is 10.8. The second-order valence-electron chi connectivity index (χ2n) is 8.66. The number of hydrogen-bond donors (Lipinski definition) is 1. The molecule has 3 aliphatic heterocycles. The summed E-state index contributed by atoms with van der Waals surface area (Å²) in [6, 6.07) is 8.78. The summed E-state index contributed by atoms with van der Waals surface area (Å²) in [6.45, 7) is 7.69. The van der Waals surface area contributed by atoms with E-state index in [2.05, 4.69) is 45.6 Å².